The molecule has 2 atom stereocenters. The number of amides is 1. The Bertz CT molecular complexity index is 378. The van der Waals surface area contributed by atoms with E-state index >= 15 is 0 Å². The maximum Gasteiger partial charge on any atom is 0.407 e. The fraction of sp³-hybridized carbons (Fsp3) is 0.357. The molecule has 4 heteroatoms. The van der Waals surface area contributed by atoms with Gasteiger partial charge in [-0.3, -0.25) is 0 Å². The number of ether oxygens (including phenoxy) is 1. The number of aliphatic hydroxyl groups is 1. The van der Waals surface area contributed by atoms with Gasteiger partial charge in [0.15, 0.2) is 0 Å². The molecule has 1 aromatic carbocycles. The third kappa shape index (κ3) is 4.59. The van der Waals surface area contributed by atoms with Crippen molar-refractivity contribution < 1.29 is 14.6 Å². The Morgan fingerprint density at radius 2 is 2.17 bits per heavy atom. The molecule has 0 unspecified atom stereocenters. The summed E-state index contributed by atoms with van der Waals surface area (Å²) in [5.41, 5.74) is 0.992. The predicted molar refractivity (Wildman–Crippen MR) is 70.0 cm³/mol. The highest BCUT2D eigenvalue weighted by Crippen LogP contribution is 2.08. The molecule has 0 aliphatic heterocycles. The molecule has 1 rings (SSSR count). The molecule has 18 heavy (non-hydrogen) atoms. The first-order valence-electron chi connectivity index (χ1n) is 5.89. The first kappa shape index (κ1) is 14.3. The average Bonchev–Trinajstić information content (AvgIpc) is 2.42. The Morgan fingerprint density at radius 1 is 1.50 bits per heavy atom. The number of alkyl carbamates (subject to hydrolysis) is 1. The van der Waals surface area contributed by atoms with Gasteiger partial charge >= 0.3 is 6.09 Å². The van der Waals surface area contributed by atoms with Crippen molar-refractivity contribution >= 4 is 6.09 Å². The van der Waals surface area contributed by atoms with Crippen molar-refractivity contribution in [2.45, 2.75) is 19.6 Å². The summed E-state index contributed by atoms with van der Waals surface area (Å²) in [6, 6.07) is 9.54. The summed E-state index contributed by atoms with van der Waals surface area (Å²) < 4.78 is 5.10. The summed E-state index contributed by atoms with van der Waals surface area (Å²) in [6.45, 7) is 5.63. The van der Waals surface area contributed by atoms with Crippen LogP contribution in [0.3, 0.4) is 0 Å². The molecule has 1 amide bonds. The molecule has 0 saturated carbocycles. The summed E-state index contributed by atoms with van der Waals surface area (Å²) >= 11 is 0. The molecule has 0 bridgehead atoms. The van der Waals surface area contributed by atoms with E-state index in [4.69, 9.17) is 9.84 Å². The average molecular weight is 249 g/mol. The van der Waals surface area contributed by atoms with E-state index in [9.17, 15) is 4.79 Å². The minimum absolute atomic E-state index is 0.0857. The second kappa shape index (κ2) is 7.50. The summed E-state index contributed by atoms with van der Waals surface area (Å²) in [7, 11) is 0. The van der Waals surface area contributed by atoms with Crippen molar-refractivity contribution in [3.8, 4) is 0 Å². The second-order valence-corrected chi connectivity index (χ2v) is 4.06. The number of carbonyl (C=O) groups excluding carboxylic acids is 1. The maximum atomic E-state index is 11.5. The molecule has 0 heterocycles. The third-order valence-electron chi connectivity index (χ3n) is 2.68. The van der Waals surface area contributed by atoms with Gasteiger partial charge in [0.05, 0.1) is 6.61 Å². The van der Waals surface area contributed by atoms with Gasteiger partial charge in [-0.05, 0) is 5.56 Å². The molecule has 0 aliphatic carbocycles. The minimum atomic E-state index is -0.557. The van der Waals surface area contributed by atoms with Crippen molar-refractivity contribution in [1.29, 1.82) is 0 Å². The number of rotatable bonds is 6. The van der Waals surface area contributed by atoms with E-state index in [2.05, 4.69) is 11.9 Å². The molecule has 0 saturated heterocycles. The number of carbonyl (C=O) groups is 1. The Morgan fingerprint density at radius 3 is 2.72 bits per heavy atom. The molecule has 4 nitrogen and oxygen atoms in total. The van der Waals surface area contributed by atoms with Gasteiger partial charge in [0, 0.05) is 12.5 Å². The summed E-state index contributed by atoms with van der Waals surface area (Å²) in [5, 5.41) is 11.7. The summed E-state index contributed by atoms with van der Waals surface area (Å²) in [6.07, 6.45) is 0.552. The third-order valence-corrected chi connectivity index (χ3v) is 2.68. The lowest BCUT2D eigenvalue weighted by atomic mass is 10.1. The van der Waals surface area contributed by atoms with E-state index in [0.29, 0.717) is 6.54 Å². The Hall–Kier alpha value is -1.81. The van der Waals surface area contributed by atoms with Crippen LogP contribution in [0.2, 0.25) is 0 Å². The van der Waals surface area contributed by atoms with Gasteiger partial charge in [0.2, 0.25) is 0 Å². The van der Waals surface area contributed by atoms with E-state index in [-0.39, 0.29) is 12.5 Å². The number of hydrogen-bond donors (Lipinski definition) is 2. The van der Waals surface area contributed by atoms with Gasteiger partial charge < -0.3 is 15.2 Å². The molecule has 0 fully saturated rings. The van der Waals surface area contributed by atoms with Gasteiger partial charge in [-0.2, -0.15) is 0 Å². The van der Waals surface area contributed by atoms with E-state index in [1.165, 1.54) is 0 Å². The highest BCUT2D eigenvalue weighted by Gasteiger charge is 2.18. The highest BCUT2D eigenvalue weighted by molar-refractivity contribution is 5.67. The van der Waals surface area contributed by atoms with Gasteiger partial charge in [-0.25, -0.2) is 4.79 Å². The first-order valence-corrected chi connectivity index (χ1v) is 5.89. The van der Waals surface area contributed by atoms with Crippen molar-refractivity contribution in [2.24, 2.45) is 5.92 Å². The molecule has 0 aromatic heterocycles. The van der Waals surface area contributed by atoms with Crippen molar-refractivity contribution in [3.63, 3.8) is 0 Å². The maximum absolute atomic E-state index is 11.5. The van der Waals surface area contributed by atoms with Gasteiger partial charge in [0.25, 0.3) is 0 Å². The van der Waals surface area contributed by atoms with Crippen LogP contribution in [0.5, 0.6) is 0 Å². The molecule has 0 aliphatic rings. The molecule has 0 spiro atoms. The topological polar surface area (TPSA) is 58.6 Å². The van der Waals surface area contributed by atoms with E-state index in [1.54, 1.807) is 6.08 Å². The number of aliphatic hydroxyl groups excluding tert-OH is 1. The SMILES string of the molecule is C=C[C@@H](C)[C@@H](CO)OC(=O)NCc1ccccc1. The first-order chi connectivity index (χ1) is 8.67. The number of hydrogen-bond acceptors (Lipinski definition) is 3. The molecular formula is C14H19NO3. The van der Waals surface area contributed by atoms with Crippen LogP contribution >= 0.6 is 0 Å². The van der Waals surface area contributed by atoms with Crippen LogP contribution in [0.15, 0.2) is 43.0 Å². The highest BCUT2D eigenvalue weighted by atomic mass is 16.6. The summed E-state index contributed by atoms with van der Waals surface area (Å²) in [4.78, 5) is 11.5. The Kier molecular flexibility index (Phi) is 5.94. The lowest BCUT2D eigenvalue weighted by molar-refractivity contribution is 0.0378. The Labute approximate surface area is 107 Å². The van der Waals surface area contributed by atoms with Crippen LogP contribution in [0.1, 0.15) is 12.5 Å². The van der Waals surface area contributed by atoms with Crippen LogP contribution < -0.4 is 5.32 Å². The predicted octanol–water partition coefficient (Wildman–Crippen LogP) is 2.10. The zero-order valence-corrected chi connectivity index (χ0v) is 10.5. The van der Waals surface area contributed by atoms with Crippen molar-refractivity contribution in [3.05, 3.63) is 48.6 Å². The van der Waals surface area contributed by atoms with Gasteiger partial charge in [0.1, 0.15) is 6.10 Å². The lowest BCUT2D eigenvalue weighted by Crippen LogP contribution is -2.33. The number of nitrogens with one attached hydrogen (secondary N) is 1. The fourth-order valence-corrected chi connectivity index (χ4v) is 1.41. The van der Waals surface area contributed by atoms with Gasteiger partial charge in [-0.15, -0.1) is 6.58 Å². The standard InChI is InChI=1S/C14H19NO3/c1-3-11(2)13(10-16)18-14(17)15-9-12-7-5-4-6-8-12/h3-8,11,13,16H,1,9-10H2,2H3,(H,15,17)/t11-,13-/m1/s1. The normalized spacial score (nSPS) is 13.4. The summed E-state index contributed by atoms with van der Waals surface area (Å²) in [5.74, 6) is -0.0857. The second-order valence-electron chi connectivity index (χ2n) is 4.06. The minimum Gasteiger partial charge on any atom is -0.443 e. The monoisotopic (exact) mass is 249 g/mol. The smallest absolute Gasteiger partial charge is 0.407 e. The van der Waals surface area contributed by atoms with E-state index in [1.807, 2.05) is 37.3 Å². The Balaban J connectivity index is 2.39. The van der Waals surface area contributed by atoms with Crippen molar-refractivity contribution in [2.75, 3.05) is 6.61 Å². The van der Waals surface area contributed by atoms with Crippen LogP contribution in [0.4, 0.5) is 4.79 Å². The molecule has 1 aromatic rings. The van der Waals surface area contributed by atoms with E-state index < -0.39 is 12.2 Å². The van der Waals surface area contributed by atoms with Crippen molar-refractivity contribution in [1.82, 2.24) is 5.32 Å². The van der Waals surface area contributed by atoms with Crippen LogP contribution in [0, 0.1) is 5.92 Å². The largest absolute Gasteiger partial charge is 0.443 e. The number of benzene rings is 1. The van der Waals surface area contributed by atoms with Crippen LogP contribution in [-0.4, -0.2) is 23.9 Å². The zero-order valence-electron chi connectivity index (χ0n) is 10.5. The van der Waals surface area contributed by atoms with E-state index in [0.717, 1.165) is 5.56 Å². The zero-order chi connectivity index (χ0) is 13.4. The van der Waals surface area contributed by atoms with Gasteiger partial charge in [-0.1, -0.05) is 43.3 Å². The molecule has 98 valence electrons. The van der Waals surface area contributed by atoms with Crippen LogP contribution in [-0.2, 0) is 11.3 Å². The van der Waals surface area contributed by atoms with Crippen LogP contribution in [0.25, 0.3) is 0 Å². The molecule has 0 radical (unpaired) electrons. The quantitative estimate of drug-likeness (QED) is 0.759. The molecular weight excluding hydrogens is 230 g/mol. The fourth-order valence-electron chi connectivity index (χ4n) is 1.41. The lowest BCUT2D eigenvalue weighted by Gasteiger charge is -2.19. The molecule has 2 N–H and O–H groups in total.